The standard InChI is InChI=1S/C53H90N10O15/c1-6-28(2)23-29(3)13-11-9-7-8-10-12-14-39(69)57-35-25-38(68)47(56-22-21-55)61-51(76)43-44(70)30(4)26-63(43)53(78)41(37(67)19-20-54)59-50(75)42(46(72)45(71)32-15-17-33(65)18-16-32)60-49(74)36-24-34(66)27-62(36)52(77)40(31(5)64)58-48(35)73/h15-18,28-31,34-38,40-47,56,64-68,70-72H,6-14,19-27,54-55H2,1-5H3,(H,57,69)(H,58,73)(H,59,75)(H,60,74)(H,61,76)/t28?,29?,30?,31-,34-,35+,36-,37-,38-,40+,41+,42+,43+,44+,45+,46+,47+/m1/s1. The number of unbranched alkanes of at least 4 members (excludes halogenated alkanes) is 5. The van der Waals surface area contributed by atoms with E-state index in [4.69, 9.17) is 11.5 Å². The molecule has 442 valence electrons. The van der Waals surface area contributed by atoms with E-state index in [0.29, 0.717) is 24.7 Å². The summed E-state index contributed by atoms with van der Waals surface area (Å²) in [7, 11) is 0. The number of fused-ring (bicyclic) bond motifs is 2. The first-order valence-corrected chi connectivity index (χ1v) is 27.7. The molecule has 3 heterocycles. The maximum absolute atomic E-state index is 14.7. The number of hydrogen-bond acceptors (Lipinski definition) is 18. The summed E-state index contributed by atoms with van der Waals surface area (Å²) in [5, 5.41) is 105. The van der Waals surface area contributed by atoms with Gasteiger partial charge in [-0.1, -0.05) is 84.8 Å². The van der Waals surface area contributed by atoms with Crippen molar-refractivity contribution >= 4 is 41.4 Å². The Labute approximate surface area is 457 Å². The highest BCUT2D eigenvalue weighted by molar-refractivity contribution is 5.98. The van der Waals surface area contributed by atoms with E-state index < -0.39 is 152 Å². The van der Waals surface area contributed by atoms with Gasteiger partial charge < -0.3 is 88.7 Å². The van der Waals surface area contributed by atoms with Gasteiger partial charge in [0.1, 0.15) is 60.4 Å². The predicted octanol–water partition coefficient (Wildman–Crippen LogP) is -3.07. The van der Waals surface area contributed by atoms with Crippen molar-refractivity contribution in [1.29, 1.82) is 0 Å². The van der Waals surface area contributed by atoms with Crippen LogP contribution >= 0.6 is 0 Å². The molecular formula is C53H90N10O15. The lowest BCUT2D eigenvalue weighted by Gasteiger charge is -2.35. The Morgan fingerprint density at radius 2 is 1.33 bits per heavy atom. The van der Waals surface area contributed by atoms with Gasteiger partial charge in [0, 0.05) is 51.4 Å². The fourth-order valence-electron chi connectivity index (χ4n) is 10.5. The summed E-state index contributed by atoms with van der Waals surface area (Å²) >= 11 is 0. The van der Waals surface area contributed by atoms with Gasteiger partial charge in [0.25, 0.3) is 0 Å². The van der Waals surface area contributed by atoms with Gasteiger partial charge in [0.05, 0.1) is 30.5 Å². The first-order chi connectivity index (χ1) is 36.9. The molecule has 0 bridgehead atoms. The van der Waals surface area contributed by atoms with Crippen molar-refractivity contribution in [3.63, 3.8) is 0 Å². The largest absolute Gasteiger partial charge is 0.508 e. The Morgan fingerprint density at radius 3 is 1.96 bits per heavy atom. The highest BCUT2D eigenvalue weighted by Crippen LogP contribution is 2.28. The minimum atomic E-state index is -2.28. The van der Waals surface area contributed by atoms with Gasteiger partial charge in [0.2, 0.25) is 41.4 Å². The Hall–Kier alpha value is -5.09. The van der Waals surface area contributed by atoms with Crippen molar-refractivity contribution in [3.05, 3.63) is 29.8 Å². The molecule has 0 radical (unpaired) electrons. The third-order valence-electron chi connectivity index (χ3n) is 15.3. The van der Waals surface area contributed by atoms with Crippen LogP contribution in [0.15, 0.2) is 24.3 Å². The lowest BCUT2D eigenvalue weighted by molar-refractivity contribution is -0.148. The van der Waals surface area contributed by atoms with E-state index in [9.17, 15) is 74.4 Å². The average Bonchev–Trinajstić information content (AvgIpc) is 3.94. The van der Waals surface area contributed by atoms with E-state index in [0.717, 1.165) is 55.2 Å². The van der Waals surface area contributed by atoms with Crippen molar-refractivity contribution in [1.82, 2.24) is 41.7 Å². The molecule has 0 aliphatic carbocycles. The average molecular weight is 1110 g/mol. The smallest absolute Gasteiger partial charge is 0.248 e. The molecule has 78 heavy (non-hydrogen) atoms. The molecule has 7 amide bonds. The van der Waals surface area contributed by atoms with E-state index in [1.54, 1.807) is 0 Å². The van der Waals surface area contributed by atoms with Gasteiger partial charge >= 0.3 is 0 Å². The number of phenolic OH excluding ortho intramolecular Hbond substituents is 1. The lowest BCUT2D eigenvalue weighted by atomic mass is 9.91. The summed E-state index contributed by atoms with van der Waals surface area (Å²) in [6.07, 6.45) is -6.85. The van der Waals surface area contributed by atoms with Crippen molar-refractivity contribution < 1.29 is 74.4 Å². The summed E-state index contributed by atoms with van der Waals surface area (Å²) in [5.41, 5.74) is 11.5. The Kier molecular flexibility index (Phi) is 26.5. The number of phenols is 1. The second-order valence-corrected chi connectivity index (χ2v) is 21.8. The Balaban J connectivity index is 1.75. The predicted molar refractivity (Wildman–Crippen MR) is 285 cm³/mol. The molecule has 3 aliphatic rings. The maximum Gasteiger partial charge on any atom is 0.248 e. The fourth-order valence-corrected chi connectivity index (χ4v) is 10.5. The number of aromatic hydroxyl groups is 1. The molecule has 4 rings (SSSR count). The maximum atomic E-state index is 14.7. The number of nitrogens with one attached hydrogen (secondary N) is 6. The number of hydrogen-bond donors (Lipinski definition) is 16. The van der Waals surface area contributed by atoms with E-state index in [1.165, 1.54) is 37.6 Å². The summed E-state index contributed by atoms with van der Waals surface area (Å²) in [5.74, 6) is -7.25. The number of carbonyl (C=O) groups is 7. The van der Waals surface area contributed by atoms with Gasteiger partial charge in [-0.25, -0.2) is 0 Å². The normalized spacial score (nSPS) is 29.4. The number of nitrogens with zero attached hydrogens (tertiary/aromatic N) is 2. The van der Waals surface area contributed by atoms with E-state index >= 15 is 0 Å². The topological polar surface area (TPSA) is 412 Å². The first kappa shape index (κ1) is 65.4. The molecule has 3 saturated heterocycles. The molecule has 0 spiro atoms. The van der Waals surface area contributed by atoms with Crippen LogP contribution in [0.2, 0.25) is 0 Å². The van der Waals surface area contributed by atoms with Crippen molar-refractivity contribution in [2.75, 3.05) is 32.7 Å². The summed E-state index contributed by atoms with van der Waals surface area (Å²) in [6, 6.07) is -6.44. The van der Waals surface area contributed by atoms with Crippen molar-refractivity contribution in [2.45, 2.75) is 203 Å². The monoisotopic (exact) mass is 1110 g/mol. The second-order valence-electron chi connectivity index (χ2n) is 21.8. The van der Waals surface area contributed by atoms with Crippen molar-refractivity contribution in [2.24, 2.45) is 29.2 Å². The van der Waals surface area contributed by atoms with E-state index in [1.807, 2.05) is 0 Å². The van der Waals surface area contributed by atoms with Gasteiger partial charge in [-0.3, -0.25) is 38.9 Å². The number of aliphatic hydroxyl groups is 7. The molecule has 17 atom stereocenters. The van der Waals surface area contributed by atoms with Crippen LogP contribution < -0.4 is 43.4 Å². The van der Waals surface area contributed by atoms with Gasteiger partial charge in [-0.05, 0) is 62.3 Å². The molecule has 3 fully saturated rings. The minimum absolute atomic E-state index is 0.0276. The molecule has 3 unspecified atom stereocenters. The molecule has 0 aromatic heterocycles. The van der Waals surface area contributed by atoms with E-state index in [2.05, 4.69) is 52.7 Å². The lowest BCUT2D eigenvalue weighted by Crippen LogP contribution is -2.65. The van der Waals surface area contributed by atoms with Crippen LogP contribution in [0.25, 0.3) is 0 Å². The van der Waals surface area contributed by atoms with Crippen LogP contribution in [0.4, 0.5) is 0 Å². The number of carbonyl (C=O) groups excluding carboxylic acids is 7. The quantitative estimate of drug-likeness (QED) is 0.0484. The third-order valence-corrected chi connectivity index (χ3v) is 15.3. The van der Waals surface area contributed by atoms with Crippen LogP contribution in [0, 0.1) is 17.8 Å². The number of aliphatic hydroxyl groups excluding tert-OH is 7. The molecule has 25 nitrogen and oxygen atoms in total. The molecule has 0 saturated carbocycles. The summed E-state index contributed by atoms with van der Waals surface area (Å²) in [6.45, 7) is 8.23. The fraction of sp³-hybridized carbons (Fsp3) is 0.755. The molecule has 18 N–H and O–H groups in total. The number of nitrogens with two attached hydrogens (primary N) is 2. The number of benzene rings is 1. The highest BCUT2D eigenvalue weighted by Gasteiger charge is 2.50. The molecule has 25 heteroatoms. The van der Waals surface area contributed by atoms with Gasteiger partial charge in [-0.2, -0.15) is 0 Å². The minimum Gasteiger partial charge on any atom is -0.508 e. The molecule has 3 aliphatic heterocycles. The van der Waals surface area contributed by atoms with Gasteiger partial charge in [-0.15, -0.1) is 0 Å². The van der Waals surface area contributed by atoms with E-state index in [-0.39, 0.29) is 50.3 Å². The zero-order chi connectivity index (χ0) is 58.0. The Bertz CT molecular complexity index is 2110. The highest BCUT2D eigenvalue weighted by atomic mass is 16.3. The molecule has 1 aromatic rings. The molecular weight excluding hydrogens is 1020 g/mol. The Morgan fingerprint density at radius 1 is 0.718 bits per heavy atom. The van der Waals surface area contributed by atoms with Crippen LogP contribution in [0.3, 0.4) is 0 Å². The van der Waals surface area contributed by atoms with Crippen molar-refractivity contribution in [3.8, 4) is 5.75 Å². The zero-order valence-corrected chi connectivity index (χ0v) is 45.8. The number of rotatable bonds is 23. The van der Waals surface area contributed by atoms with Crippen LogP contribution in [0.1, 0.15) is 130 Å². The van der Waals surface area contributed by atoms with Crippen LogP contribution in [-0.4, -0.2) is 204 Å². The second kappa shape index (κ2) is 31.6. The van der Waals surface area contributed by atoms with Gasteiger partial charge in [0.15, 0.2) is 0 Å². The summed E-state index contributed by atoms with van der Waals surface area (Å²) < 4.78 is 0. The SMILES string of the molecule is CCC(C)CC(C)CCCCCCCCC(=O)N[C@H]1C[C@@H](O)[C@@H](NCCN)NC(=O)[C@@H]2[C@@H](O)C(C)CN2C(=O)[C@H]([C@H](O)CCN)NC(=O)[C@H]([C@H](O)[C@@H](O)c2ccc(O)cc2)NC(=O)[C@H]2C[C@@H](O)CN2C(=O)[C@H]([C@@H](C)O)NC1=O. The first-order valence-electron chi connectivity index (χ1n) is 27.7. The molecule has 1 aromatic carbocycles. The third kappa shape index (κ3) is 18.5. The zero-order valence-electron chi connectivity index (χ0n) is 45.8. The van der Waals surface area contributed by atoms with Crippen LogP contribution in [0.5, 0.6) is 5.75 Å². The van der Waals surface area contributed by atoms with Crippen LogP contribution in [-0.2, 0) is 33.6 Å². The summed E-state index contributed by atoms with van der Waals surface area (Å²) in [4.78, 5) is 102. The number of amides is 7.